The molecule has 0 bridgehead atoms. The van der Waals surface area contributed by atoms with Crippen molar-refractivity contribution in [2.24, 2.45) is 0 Å². The second kappa shape index (κ2) is 12.2. The number of nitrogens with one attached hydrogen (secondary N) is 1. The summed E-state index contributed by atoms with van der Waals surface area (Å²) in [6.07, 6.45) is 1.56. The van der Waals surface area contributed by atoms with Crippen LogP contribution in [0, 0.1) is 13.8 Å². The molecule has 2 atom stereocenters. The molecule has 4 heteroatoms. The standard InChI is InChI=1S/C30H36N2O2/c1-5-24(4)31-30(34)28(19-25-15-7-6-8-16-25)32(21-27-18-12-10-14-23(27)3)29(33)20-26-17-11-9-13-22(26)2/h6-18,24,28H,5,19-21H2,1-4H3,(H,31,34)/t24-,28-/m0/s1. The number of aryl methyl sites for hydroxylation is 2. The Morgan fingerprint density at radius 1 is 0.824 bits per heavy atom. The fourth-order valence-corrected chi connectivity index (χ4v) is 4.04. The average Bonchev–Trinajstić information content (AvgIpc) is 2.84. The maximum Gasteiger partial charge on any atom is 0.243 e. The number of rotatable bonds is 10. The van der Waals surface area contributed by atoms with Crippen LogP contribution in [0.3, 0.4) is 0 Å². The Kier molecular flexibility index (Phi) is 9.03. The molecule has 0 aliphatic heterocycles. The van der Waals surface area contributed by atoms with E-state index in [0.29, 0.717) is 13.0 Å². The second-order valence-corrected chi connectivity index (χ2v) is 9.07. The largest absolute Gasteiger partial charge is 0.352 e. The van der Waals surface area contributed by atoms with Gasteiger partial charge in [-0.15, -0.1) is 0 Å². The molecule has 0 fully saturated rings. The van der Waals surface area contributed by atoms with Gasteiger partial charge in [0.15, 0.2) is 0 Å². The maximum atomic E-state index is 13.8. The van der Waals surface area contributed by atoms with Gasteiger partial charge in [-0.05, 0) is 55.0 Å². The van der Waals surface area contributed by atoms with Gasteiger partial charge in [-0.25, -0.2) is 0 Å². The fourth-order valence-electron chi connectivity index (χ4n) is 4.04. The van der Waals surface area contributed by atoms with E-state index in [4.69, 9.17) is 0 Å². The molecule has 0 radical (unpaired) electrons. The molecule has 0 heterocycles. The summed E-state index contributed by atoms with van der Waals surface area (Å²) in [6.45, 7) is 8.50. The van der Waals surface area contributed by atoms with Gasteiger partial charge in [0.1, 0.15) is 6.04 Å². The van der Waals surface area contributed by atoms with E-state index in [9.17, 15) is 9.59 Å². The molecule has 0 spiro atoms. The summed E-state index contributed by atoms with van der Waals surface area (Å²) in [4.78, 5) is 29.1. The topological polar surface area (TPSA) is 49.4 Å². The summed E-state index contributed by atoms with van der Waals surface area (Å²) in [6, 6.07) is 25.4. The molecule has 178 valence electrons. The third-order valence-corrected chi connectivity index (χ3v) is 6.48. The number of hydrogen-bond acceptors (Lipinski definition) is 2. The van der Waals surface area contributed by atoms with Crippen LogP contribution in [-0.4, -0.2) is 28.8 Å². The van der Waals surface area contributed by atoms with Gasteiger partial charge in [0.05, 0.1) is 6.42 Å². The Morgan fingerprint density at radius 2 is 1.38 bits per heavy atom. The monoisotopic (exact) mass is 456 g/mol. The minimum absolute atomic E-state index is 0.0394. The first-order valence-corrected chi connectivity index (χ1v) is 12.1. The first-order valence-electron chi connectivity index (χ1n) is 12.1. The smallest absolute Gasteiger partial charge is 0.243 e. The van der Waals surface area contributed by atoms with E-state index in [1.165, 1.54) is 0 Å². The van der Waals surface area contributed by atoms with Gasteiger partial charge in [-0.1, -0.05) is 85.8 Å². The van der Waals surface area contributed by atoms with Crippen molar-refractivity contribution < 1.29 is 9.59 Å². The van der Waals surface area contributed by atoms with Crippen LogP contribution in [0.25, 0.3) is 0 Å². The zero-order valence-electron chi connectivity index (χ0n) is 20.8. The van der Waals surface area contributed by atoms with Gasteiger partial charge in [0, 0.05) is 19.0 Å². The number of amides is 2. The maximum absolute atomic E-state index is 13.8. The molecule has 0 saturated carbocycles. The third-order valence-electron chi connectivity index (χ3n) is 6.48. The number of carbonyl (C=O) groups is 2. The van der Waals surface area contributed by atoms with Crippen molar-refractivity contribution >= 4 is 11.8 Å². The van der Waals surface area contributed by atoms with Crippen molar-refractivity contribution in [3.05, 3.63) is 107 Å². The highest BCUT2D eigenvalue weighted by atomic mass is 16.2. The summed E-state index contributed by atoms with van der Waals surface area (Å²) in [5.74, 6) is -0.150. The van der Waals surface area contributed by atoms with E-state index in [1.807, 2.05) is 107 Å². The number of benzene rings is 3. The molecule has 2 amide bonds. The van der Waals surface area contributed by atoms with Crippen LogP contribution in [0.5, 0.6) is 0 Å². The number of nitrogens with zero attached hydrogens (tertiary/aromatic N) is 1. The van der Waals surface area contributed by atoms with Crippen LogP contribution < -0.4 is 5.32 Å². The predicted molar refractivity (Wildman–Crippen MR) is 138 cm³/mol. The Balaban J connectivity index is 2.00. The van der Waals surface area contributed by atoms with Crippen LogP contribution in [0.2, 0.25) is 0 Å². The van der Waals surface area contributed by atoms with Crippen LogP contribution >= 0.6 is 0 Å². The fraction of sp³-hybridized carbons (Fsp3) is 0.333. The lowest BCUT2D eigenvalue weighted by molar-refractivity contribution is -0.141. The van der Waals surface area contributed by atoms with Crippen molar-refractivity contribution in [3.63, 3.8) is 0 Å². The van der Waals surface area contributed by atoms with Crippen LogP contribution in [0.15, 0.2) is 78.9 Å². The number of carbonyl (C=O) groups excluding carboxylic acids is 2. The molecule has 1 N–H and O–H groups in total. The van der Waals surface area contributed by atoms with Gasteiger partial charge < -0.3 is 10.2 Å². The third kappa shape index (κ3) is 6.80. The van der Waals surface area contributed by atoms with E-state index in [2.05, 4.69) is 5.32 Å². The molecule has 4 nitrogen and oxygen atoms in total. The summed E-state index contributed by atoms with van der Waals surface area (Å²) in [5.41, 5.74) is 5.26. The SMILES string of the molecule is CC[C@H](C)NC(=O)[C@H](Cc1ccccc1)N(Cc1ccccc1C)C(=O)Cc1ccccc1C. The molecule has 3 aromatic rings. The first-order chi connectivity index (χ1) is 16.4. The van der Waals surface area contributed by atoms with Gasteiger partial charge >= 0.3 is 0 Å². The van der Waals surface area contributed by atoms with Crippen LogP contribution in [0.1, 0.15) is 48.1 Å². The minimum atomic E-state index is -0.604. The highest BCUT2D eigenvalue weighted by molar-refractivity contribution is 5.89. The highest BCUT2D eigenvalue weighted by Crippen LogP contribution is 2.19. The van der Waals surface area contributed by atoms with Gasteiger partial charge in [-0.3, -0.25) is 9.59 Å². The molecule has 0 unspecified atom stereocenters. The molecule has 0 aliphatic rings. The summed E-state index contributed by atoms with van der Waals surface area (Å²) >= 11 is 0. The van der Waals surface area contributed by atoms with Crippen molar-refractivity contribution in [2.45, 2.75) is 65.6 Å². The minimum Gasteiger partial charge on any atom is -0.352 e. The Hall–Kier alpha value is -3.40. The van der Waals surface area contributed by atoms with Gasteiger partial charge in [-0.2, -0.15) is 0 Å². The number of hydrogen-bond donors (Lipinski definition) is 1. The Morgan fingerprint density at radius 3 is 1.97 bits per heavy atom. The van der Waals surface area contributed by atoms with Crippen molar-refractivity contribution in [2.75, 3.05) is 0 Å². The highest BCUT2D eigenvalue weighted by Gasteiger charge is 2.31. The zero-order chi connectivity index (χ0) is 24.5. The lowest BCUT2D eigenvalue weighted by Crippen LogP contribution is -2.52. The first kappa shape index (κ1) is 25.2. The molecule has 3 aromatic carbocycles. The predicted octanol–water partition coefficient (Wildman–Crippen LogP) is 5.40. The normalized spacial score (nSPS) is 12.6. The van der Waals surface area contributed by atoms with Gasteiger partial charge in [0.25, 0.3) is 0 Å². The van der Waals surface area contributed by atoms with Crippen molar-refractivity contribution in [1.82, 2.24) is 10.2 Å². The molecule has 0 aliphatic carbocycles. The molecule has 0 aromatic heterocycles. The summed E-state index contributed by atoms with van der Waals surface area (Å²) in [7, 11) is 0. The molecular formula is C30H36N2O2. The van der Waals surface area contributed by atoms with Crippen LogP contribution in [-0.2, 0) is 29.0 Å². The molecule has 3 rings (SSSR count). The van der Waals surface area contributed by atoms with E-state index >= 15 is 0 Å². The van der Waals surface area contributed by atoms with E-state index in [1.54, 1.807) is 4.90 Å². The second-order valence-electron chi connectivity index (χ2n) is 9.07. The summed E-state index contributed by atoms with van der Waals surface area (Å²) in [5, 5.41) is 3.13. The lowest BCUT2D eigenvalue weighted by atomic mass is 9.99. The van der Waals surface area contributed by atoms with Crippen molar-refractivity contribution in [1.29, 1.82) is 0 Å². The Bertz CT molecular complexity index is 1090. The van der Waals surface area contributed by atoms with Crippen molar-refractivity contribution in [3.8, 4) is 0 Å². The molecule has 34 heavy (non-hydrogen) atoms. The van der Waals surface area contributed by atoms with Gasteiger partial charge in [0.2, 0.25) is 11.8 Å². The van der Waals surface area contributed by atoms with E-state index in [-0.39, 0.29) is 24.3 Å². The Labute approximate surface area is 204 Å². The summed E-state index contributed by atoms with van der Waals surface area (Å²) < 4.78 is 0. The quantitative estimate of drug-likeness (QED) is 0.444. The lowest BCUT2D eigenvalue weighted by Gasteiger charge is -2.33. The zero-order valence-corrected chi connectivity index (χ0v) is 20.8. The van der Waals surface area contributed by atoms with E-state index in [0.717, 1.165) is 34.2 Å². The molecule has 0 saturated heterocycles. The van der Waals surface area contributed by atoms with E-state index < -0.39 is 6.04 Å². The average molecular weight is 457 g/mol. The molecular weight excluding hydrogens is 420 g/mol. The van der Waals surface area contributed by atoms with Crippen LogP contribution in [0.4, 0.5) is 0 Å².